The van der Waals surface area contributed by atoms with E-state index in [0.717, 1.165) is 18.6 Å². The molecule has 0 radical (unpaired) electrons. The third-order valence-corrected chi connectivity index (χ3v) is 4.11. The van der Waals surface area contributed by atoms with E-state index in [-0.39, 0.29) is 22.7 Å². The fraction of sp³-hybridized carbons (Fsp3) is 0.929. The summed E-state index contributed by atoms with van der Waals surface area (Å²) in [6.45, 7) is 8.72. The van der Waals surface area contributed by atoms with Gasteiger partial charge in [0.2, 0.25) is 0 Å². The molecule has 1 unspecified atom stereocenters. The maximum Gasteiger partial charge on any atom is 0.321 e. The Morgan fingerprint density at radius 3 is 2.44 bits per heavy atom. The van der Waals surface area contributed by atoms with Crippen LogP contribution in [0.4, 0.5) is 0 Å². The summed E-state index contributed by atoms with van der Waals surface area (Å²) >= 11 is 7.33. The molecule has 0 fully saturated rings. The van der Waals surface area contributed by atoms with Crippen molar-refractivity contribution in [2.24, 2.45) is 0 Å². The standard InChI is InChI=1S/C14H27ClO2S/c1-5-6-7-8-9-12(17-13(16)10-15)11-18-14(2,3)4/h12H,5-11H2,1-4H3. The number of unbranched alkanes of at least 4 members (excludes halogenated alkanes) is 3. The third kappa shape index (κ3) is 11.2. The minimum Gasteiger partial charge on any atom is -0.461 e. The summed E-state index contributed by atoms with van der Waals surface area (Å²) in [6, 6.07) is 0. The Morgan fingerprint density at radius 1 is 1.28 bits per heavy atom. The molecule has 0 aromatic rings. The monoisotopic (exact) mass is 294 g/mol. The van der Waals surface area contributed by atoms with Gasteiger partial charge in [-0.2, -0.15) is 11.8 Å². The highest BCUT2D eigenvalue weighted by atomic mass is 35.5. The number of hydrogen-bond donors (Lipinski definition) is 0. The molecule has 0 saturated carbocycles. The second kappa shape index (κ2) is 9.96. The predicted molar refractivity (Wildman–Crippen MR) is 81.6 cm³/mol. The van der Waals surface area contributed by atoms with Crippen LogP contribution in [0.3, 0.4) is 0 Å². The number of esters is 1. The molecule has 1 atom stereocenters. The SMILES string of the molecule is CCCCCCC(CSC(C)(C)C)OC(=O)CCl. The van der Waals surface area contributed by atoms with Crippen molar-refractivity contribution in [3.63, 3.8) is 0 Å². The Bertz CT molecular complexity index is 226. The number of thioether (sulfide) groups is 1. The van der Waals surface area contributed by atoms with E-state index >= 15 is 0 Å². The van der Waals surface area contributed by atoms with Crippen molar-refractivity contribution < 1.29 is 9.53 Å². The summed E-state index contributed by atoms with van der Waals surface area (Å²) in [7, 11) is 0. The van der Waals surface area contributed by atoms with Gasteiger partial charge in [-0.3, -0.25) is 4.79 Å². The number of carbonyl (C=O) groups excluding carboxylic acids is 1. The summed E-state index contributed by atoms with van der Waals surface area (Å²) in [4.78, 5) is 11.3. The molecule has 0 saturated heterocycles. The number of alkyl halides is 1. The van der Waals surface area contributed by atoms with E-state index in [1.165, 1.54) is 19.3 Å². The molecule has 0 aliphatic rings. The van der Waals surface area contributed by atoms with Gasteiger partial charge >= 0.3 is 5.97 Å². The minimum atomic E-state index is -0.299. The Hall–Kier alpha value is 0.110. The van der Waals surface area contributed by atoms with Gasteiger partial charge in [0, 0.05) is 10.5 Å². The van der Waals surface area contributed by atoms with Gasteiger partial charge in [0.1, 0.15) is 12.0 Å². The van der Waals surface area contributed by atoms with Crippen molar-refractivity contribution >= 4 is 29.3 Å². The molecule has 0 spiro atoms. The largest absolute Gasteiger partial charge is 0.461 e. The van der Waals surface area contributed by atoms with E-state index in [1.807, 2.05) is 11.8 Å². The summed E-state index contributed by atoms with van der Waals surface area (Å²) in [5.41, 5.74) is 0. The zero-order valence-corrected chi connectivity index (χ0v) is 13.7. The molecule has 18 heavy (non-hydrogen) atoms. The summed E-state index contributed by atoms with van der Waals surface area (Å²) in [5.74, 6) is 0.510. The molecule has 0 aliphatic heterocycles. The Balaban J connectivity index is 4.03. The van der Waals surface area contributed by atoms with Crippen molar-refractivity contribution in [3.05, 3.63) is 0 Å². The second-order valence-electron chi connectivity index (χ2n) is 5.52. The fourth-order valence-electron chi connectivity index (χ4n) is 1.54. The first kappa shape index (κ1) is 18.1. The smallest absolute Gasteiger partial charge is 0.321 e. The van der Waals surface area contributed by atoms with E-state index in [9.17, 15) is 4.79 Å². The molecule has 0 aromatic heterocycles. The highest BCUT2D eigenvalue weighted by Gasteiger charge is 2.18. The molecule has 0 rings (SSSR count). The highest BCUT2D eigenvalue weighted by molar-refractivity contribution is 8.00. The topological polar surface area (TPSA) is 26.3 Å². The number of carbonyl (C=O) groups is 1. The van der Waals surface area contributed by atoms with Crippen molar-refractivity contribution in [3.8, 4) is 0 Å². The van der Waals surface area contributed by atoms with Gasteiger partial charge in [-0.1, -0.05) is 47.0 Å². The van der Waals surface area contributed by atoms with Gasteiger partial charge in [0.25, 0.3) is 0 Å². The van der Waals surface area contributed by atoms with Gasteiger partial charge in [-0.25, -0.2) is 0 Å². The van der Waals surface area contributed by atoms with Crippen LogP contribution in [0.15, 0.2) is 0 Å². The van der Waals surface area contributed by atoms with Gasteiger partial charge in [-0.05, 0) is 12.8 Å². The third-order valence-electron chi connectivity index (χ3n) is 2.49. The molecule has 0 aliphatic carbocycles. The normalized spacial score (nSPS) is 13.4. The zero-order valence-electron chi connectivity index (χ0n) is 12.1. The molecule has 4 heteroatoms. The van der Waals surface area contributed by atoms with Crippen molar-refractivity contribution in [1.29, 1.82) is 0 Å². The van der Waals surface area contributed by atoms with Crippen LogP contribution in [0, 0.1) is 0 Å². The van der Waals surface area contributed by atoms with Crippen molar-refractivity contribution in [2.45, 2.75) is 70.7 Å². The highest BCUT2D eigenvalue weighted by Crippen LogP contribution is 2.26. The first-order valence-corrected chi connectivity index (χ1v) is 8.30. The van der Waals surface area contributed by atoms with E-state index < -0.39 is 0 Å². The average molecular weight is 295 g/mol. The van der Waals surface area contributed by atoms with E-state index in [1.54, 1.807) is 0 Å². The van der Waals surface area contributed by atoms with Gasteiger partial charge in [-0.15, -0.1) is 11.6 Å². The molecular weight excluding hydrogens is 268 g/mol. The first-order chi connectivity index (χ1) is 8.39. The van der Waals surface area contributed by atoms with Gasteiger partial charge in [0.05, 0.1) is 0 Å². The number of ether oxygens (including phenoxy) is 1. The molecule has 2 nitrogen and oxygen atoms in total. The molecule has 0 bridgehead atoms. The predicted octanol–water partition coefficient (Wildman–Crippen LogP) is 4.64. The molecule has 0 amide bonds. The summed E-state index contributed by atoms with van der Waals surface area (Å²) < 4.78 is 5.59. The van der Waals surface area contributed by atoms with E-state index in [2.05, 4.69) is 27.7 Å². The molecule has 108 valence electrons. The van der Waals surface area contributed by atoms with Crippen LogP contribution >= 0.6 is 23.4 Å². The fourth-order valence-corrected chi connectivity index (χ4v) is 2.52. The Labute approximate surface area is 121 Å². The molecular formula is C14H27ClO2S. The average Bonchev–Trinajstić information content (AvgIpc) is 2.29. The molecule has 0 heterocycles. The van der Waals surface area contributed by atoms with E-state index in [4.69, 9.17) is 16.3 Å². The zero-order chi connectivity index (χ0) is 14.0. The molecule has 0 N–H and O–H groups in total. The maximum atomic E-state index is 11.3. The lowest BCUT2D eigenvalue weighted by Gasteiger charge is -2.23. The summed E-state index contributed by atoms with van der Waals surface area (Å²) in [5, 5.41) is 0. The van der Waals surface area contributed by atoms with Crippen LogP contribution in [0.25, 0.3) is 0 Å². The lowest BCUT2D eigenvalue weighted by atomic mass is 10.1. The van der Waals surface area contributed by atoms with Crippen LogP contribution in [0.5, 0.6) is 0 Å². The Kier molecular flexibility index (Phi) is 10.0. The number of hydrogen-bond acceptors (Lipinski definition) is 3. The second-order valence-corrected chi connectivity index (χ2v) is 7.63. The van der Waals surface area contributed by atoms with Crippen molar-refractivity contribution in [1.82, 2.24) is 0 Å². The first-order valence-electron chi connectivity index (χ1n) is 6.78. The lowest BCUT2D eigenvalue weighted by Crippen LogP contribution is -2.24. The number of rotatable bonds is 9. The van der Waals surface area contributed by atoms with Crippen LogP contribution in [-0.2, 0) is 9.53 Å². The van der Waals surface area contributed by atoms with Crippen molar-refractivity contribution in [2.75, 3.05) is 11.6 Å². The van der Waals surface area contributed by atoms with Crippen LogP contribution in [0.1, 0.15) is 59.8 Å². The Morgan fingerprint density at radius 2 is 1.94 bits per heavy atom. The minimum absolute atomic E-state index is 0.0114. The van der Waals surface area contributed by atoms with Crippen LogP contribution < -0.4 is 0 Å². The van der Waals surface area contributed by atoms with Crippen LogP contribution in [0.2, 0.25) is 0 Å². The lowest BCUT2D eigenvalue weighted by molar-refractivity contribution is -0.145. The number of halogens is 1. The maximum absolute atomic E-state index is 11.3. The summed E-state index contributed by atoms with van der Waals surface area (Å²) in [6.07, 6.45) is 5.78. The van der Waals surface area contributed by atoms with Crippen LogP contribution in [-0.4, -0.2) is 28.5 Å². The van der Waals surface area contributed by atoms with E-state index in [0.29, 0.717) is 0 Å². The molecule has 0 aromatic carbocycles. The van der Waals surface area contributed by atoms with Gasteiger partial charge in [0.15, 0.2) is 0 Å². The quantitative estimate of drug-likeness (QED) is 0.352. The van der Waals surface area contributed by atoms with Gasteiger partial charge < -0.3 is 4.74 Å².